The molecule has 0 aliphatic carbocycles. The molecule has 0 aliphatic heterocycles. The monoisotopic (exact) mass is 288 g/mol. The number of hydrogen-bond acceptors (Lipinski definition) is 4. The second kappa shape index (κ2) is 5.59. The highest BCUT2D eigenvalue weighted by Crippen LogP contribution is 2.26. The number of thiophene rings is 1. The molecule has 4 heteroatoms. The van der Waals surface area contributed by atoms with Crippen molar-refractivity contribution in [2.24, 2.45) is 0 Å². The van der Waals surface area contributed by atoms with Crippen LogP contribution in [0, 0.1) is 0 Å². The van der Waals surface area contributed by atoms with Crippen molar-refractivity contribution in [1.29, 1.82) is 0 Å². The molecule has 1 aromatic carbocycles. The largest absolute Gasteiger partial charge is 0.456 e. The van der Waals surface area contributed by atoms with Crippen LogP contribution in [0.4, 0.5) is 0 Å². The number of ether oxygens (including phenoxy) is 1. The molecule has 0 amide bonds. The van der Waals surface area contributed by atoms with Crippen LogP contribution in [0.3, 0.4) is 0 Å². The van der Waals surface area contributed by atoms with Gasteiger partial charge in [0.05, 0.1) is 10.4 Å². The number of carbonyl (C=O) groups excluding carboxylic acids is 2. The van der Waals surface area contributed by atoms with Gasteiger partial charge in [-0.1, -0.05) is 12.1 Å². The van der Waals surface area contributed by atoms with Gasteiger partial charge in [0.15, 0.2) is 6.29 Å². The highest BCUT2D eigenvalue weighted by Gasteiger charge is 2.18. The van der Waals surface area contributed by atoms with Crippen LogP contribution in [-0.2, 0) is 4.74 Å². The molecule has 3 nitrogen and oxygen atoms in total. The molecule has 0 bridgehead atoms. The first-order valence-corrected chi connectivity index (χ1v) is 7.14. The van der Waals surface area contributed by atoms with Crippen LogP contribution >= 0.6 is 11.3 Å². The van der Waals surface area contributed by atoms with Gasteiger partial charge in [-0.3, -0.25) is 4.79 Å². The molecule has 2 aromatic rings. The lowest BCUT2D eigenvalue weighted by Crippen LogP contribution is -2.23. The third-order valence-corrected chi connectivity index (χ3v) is 3.42. The van der Waals surface area contributed by atoms with Crippen LogP contribution in [0.5, 0.6) is 0 Å². The fraction of sp³-hybridized carbons (Fsp3) is 0.250. The summed E-state index contributed by atoms with van der Waals surface area (Å²) in [5.74, 6) is -0.342. The van der Waals surface area contributed by atoms with Crippen LogP contribution in [0.25, 0.3) is 11.1 Å². The Balaban J connectivity index is 2.28. The lowest BCUT2D eigenvalue weighted by Gasteiger charge is -2.19. The molecule has 1 heterocycles. The van der Waals surface area contributed by atoms with E-state index in [2.05, 4.69) is 0 Å². The predicted molar refractivity (Wildman–Crippen MR) is 80.3 cm³/mol. The summed E-state index contributed by atoms with van der Waals surface area (Å²) in [6.07, 6.45) is 0.825. The molecule has 0 saturated heterocycles. The number of esters is 1. The molecule has 0 aliphatic rings. The lowest BCUT2D eigenvalue weighted by molar-refractivity contribution is 0.00695. The zero-order valence-corrected chi connectivity index (χ0v) is 12.5. The molecule has 0 spiro atoms. The van der Waals surface area contributed by atoms with E-state index >= 15 is 0 Å². The number of benzene rings is 1. The molecular weight excluding hydrogens is 272 g/mol. The molecule has 20 heavy (non-hydrogen) atoms. The summed E-state index contributed by atoms with van der Waals surface area (Å²) < 4.78 is 5.35. The van der Waals surface area contributed by atoms with E-state index in [1.165, 1.54) is 11.3 Å². The van der Waals surface area contributed by atoms with Crippen molar-refractivity contribution < 1.29 is 14.3 Å². The zero-order chi connectivity index (χ0) is 14.8. The minimum Gasteiger partial charge on any atom is -0.456 e. The topological polar surface area (TPSA) is 43.4 Å². The van der Waals surface area contributed by atoms with E-state index in [4.69, 9.17) is 4.74 Å². The number of hydrogen-bond donors (Lipinski definition) is 0. The average Bonchev–Trinajstić information content (AvgIpc) is 2.85. The van der Waals surface area contributed by atoms with Crippen LogP contribution in [0.15, 0.2) is 35.7 Å². The first kappa shape index (κ1) is 14.5. The Morgan fingerprint density at radius 3 is 2.55 bits per heavy atom. The Kier molecular flexibility index (Phi) is 4.04. The van der Waals surface area contributed by atoms with Crippen molar-refractivity contribution in [2.75, 3.05) is 0 Å². The van der Waals surface area contributed by atoms with Crippen LogP contribution in [-0.4, -0.2) is 17.9 Å². The third-order valence-electron chi connectivity index (χ3n) is 2.57. The van der Waals surface area contributed by atoms with Crippen molar-refractivity contribution in [3.63, 3.8) is 0 Å². The standard InChI is InChI=1S/C16H16O3S/c1-16(2,3)19-15(18)12-6-4-5-11(7-12)13-8-14(9-17)20-10-13/h4-10H,1-3H3. The third kappa shape index (κ3) is 3.54. The van der Waals surface area contributed by atoms with Crippen LogP contribution in [0.2, 0.25) is 0 Å². The number of aldehydes is 1. The molecule has 0 saturated carbocycles. The van der Waals surface area contributed by atoms with Gasteiger partial charge in [0.25, 0.3) is 0 Å². The van der Waals surface area contributed by atoms with Crippen molar-refractivity contribution >= 4 is 23.6 Å². The summed E-state index contributed by atoms with van der Waals surface area (Å²) in [5.41, 5.74) is 1.83. The first-order valence-electron chi connectivity index (χ1n) is 6.26. The number of carbonyl (C=O) groups is 2. The first-order chi connectivity index (χ1) is 9.39. The maximum Gasteiger partial charge on any atom is 0.338 e. The van der Waals surface area contributed by atoms with Gasteiger partial charge < -0.3 is 4.74 Å². The molecular formula is C16H16O3S. The summed E-state index contributed by atoms with van der Waals surface area (Å²) >= 11 is 1.38. The van der Waals surface area contributed by atoms with Crippen molar-refractivity contribution in [2.45, 2.75) is 26.4 Å². The molecule has 0 radical (unpaired) electrons. The highest BCUT2D eigenvalue weighted by atomic mass is 32.1. The molecule has 1 aromatic heterocycles. The smallest absolute Gasteiger partial charge is 0.338 e. The fourth-order valence-electron chi connectivity index (χ4n) is 1.73. The van der Waals surface area contributed by atoms with Gasteiger partial charge in [-0.15, -0.1) is 11.3 Å². The van der Waals surface area contributed by atoms with E-state index < -0.39 is 5.60 Å². The van der Waals surface area contributed by atoms with E-state index in [1.54, 1.807) is 12.1 Å². The second-order valence-electron chi connectivity index (χ2n) is 5.44. The fourth-order valence-corrected chi connectivity index (χ4v) is 2.45. The Labute approximate surface area is 122 Å². The Bertz CT molecular complexity index is 635. The summed E-state index contributed by atoms with van der Waals surface area (Å²) in [6, 6.07) is 9.04. The van der Waals surface area contributed by atoms with E-state index in [0.717, 1.165) is 17.4 Å². The van der Waals surface area contributed by atoms with E-state index in [0.29, 0.717) is 10.4 Å². The SMILES string of the molecule is CC(C)(C)OC(=O)c1cccc(-c2csc(C=O)c2)c1. The maximum atomic E-state index is 12.0. The lowest BCUT2D eigenvalue weighted by atomic mass is 10.1. The maximum absolute atomic E-state index is 12.0. The quantitative estimate of drug-likeness (QED) is 0.628. The molecule has 0 atom stereocenters. The molecule has 2 rings (SSSR count). The Hall–Kier alpha value is -1.94. The van der Waals surface area contributed by atoms with Gasteiger partial charge in [-0.25, -0.2) is 4.79 Å². The van der Waals surface area contributed by atoms with Crippen LogP contribution in [0.1, 0.15) is 40.8 Å². The van der Waals surface area contributed by atoms with Crippen LogP contribution < -0.4 is 0 Å². The molecule has 0 unspecified atom stereocenters. The van der Waals surface area contributed by atoms with Gasteiger partial charge in [-0.05, 0) is 55.5 Å². The number of rotatable bonds is 3. The summed E-state index contributed by atoms with van der Waals surface area (Å²) in [6.45, 7) is 5.51. The predicted octanol–water partition coefficient (Wildman–Crippen LogP) is 4.18. The van der Waals surface area contributed by atoms with Crippen molar-refractivity contribution in [3.05, 3.63) is 46.2 Å². The van der Waals surface area contributed by atoms with Gasteiger partial charge in [-0.2, -0.15) is 0 Å². The van der Waals surface area contributed by atoms with Crippen molar-refractivity contribution in [1.82, 2.24) is 0 Å². The van der Waals surface area contributed by atoms with Gasteiger partial charge in [0.1, 0.15) is 5.60 Å². The molecule has 104 valence electrons. The normalized spacial score (nSPS) is 11.2. The summed E-state index contributed by atoms with van der Waals surface area (Å²) in [4.78, 5) is 23.4. The van der Waals surface area contributed by atoms with Gasteiger partial charge in [0, 0.05) is 0 Å². The molecule has 0 fully saturated rings. The Morgan fingerprint density at radius 2 is 1.95 bits per heavy atom. The van der Waals surface area contributed by atoms with E-state index in [9.17, 15) is 9.59 Å². The minimum absolute atomic E-state index is 0.342. The van der Waals surface area contributed by atoms with Gasteiger partial charge in [0.2, 0.25) is 0 Å². The van der Waals surface area contributed by atoms with Crippen molar-refractivity contribution in [3.8, 4) is 11.1 Å². The highest BCUT2D eigenvalue weighted by molar-refractivity contribution is 7.12. The van der Waals surface area contributed by atoms with Gasteiger partial charge >= 0.3 is 5.97 Å². The molecule has 0 N–H and O–H groups in total. The van der Waals surface area contributed by atoms with E-state index in [1.807, 2.05) is 44.4 Å². The summed E-state index contributed by atoms with van der Waals surface area (Å²) in [5, 5.41) is 1.90. The second-order valence-corrected chi connectivity index (χ2v) is 6.38. The minimum atomic E-state index is -0.514. The summed E-state index contributed by atoms with van der Waals surface area (Å²) in [7, 11) is 0. The Morgan fingerprint density at radius 1 is 1.20 bits per heavy atom. The zero-order valence-electron chi connectivity index (χ0n) is 11.7. The average molecular weight is 288 g/mol. The van der Waals surface area contributed by atoms with E-state index in [-0.39, 0.29) is 5.97 Å².